The quantitative estimate of drug-likeness (QED) is 0.857. The summed E-state index contributed by atoms with van der Waals surface area (Å²) in [5.74, 6) is -0.141. The molecule has 0 aliphatic carbocycles. The van der Waals surface area contributed by atoms with E-state index in [0.717, 1.165) is 25.1 Å². The second-order valence-corrected chi connectivity index (χ2v) is 5.76. The fourth-order valence-electron chi connectivity index (χ4n) is 1.92. The summed E-state index contributed by atoms with van der Waals surface area (Å²) in [6.07, 6.45) is 2.26. The summed E-state index contributed by atoms with van der Waals surface area (Å²) in [7, 11) is 0. The highest BCUT2D eigenvalue weighted by Gasteiger charge is 2.21. The average Bonchev–Trinajstić information content (AvgIpc) is 2.96. The number of hydrogen-bond acceptors (Lipinski definition) is 3. The van der Waals surface area contributed by atoms with Crippen molar-refractivity contribution in [2.24, 2.45) is 0 Å². The lowest BCUT2D eigenvalue weighted by Gasteiger charge is -2.14. The first-order chi connectivity index (χ1) is 8.47. The minimum absolute atomic E-state index is 0.0277. The molecule has 1 fully saturated rings. The lowest BCUT2D eigenvalue weighted by molar-refractivity contribution is 0.0853. The lowest BCUT2D eigenvalue weighted by atomic mass is 9.92. The topological polar surface area (TPSA) is 67.0 Å². The largest absolute Gasteiger partial charge is 0.376 e. The number of carbonyl (C=O) groups excluding carboxylic acids is 1. The van der Waals surface area contributed by atoms with Crippen LogP contribution in [0.2, 0.25) is 0 Å². The van der Waals surface area contributed by atoms with Gasteiger partial charge < -0.3 is 10.1 Å². The van der Waals surface area contributed by atoms with Crippen LogP contribution in [0.4, 0.5) is 0 Å². The Morgan fingerprint density at radius 3 is 2.94 bits per heavy atom. The molecule has 2 rings (SSSR count). The van der Waals surface area contributed by atoms with Crippen LogP contribution in [-0.2, 0) is 10.2 Å². The van der Waals surface area contributed by atoms with Crippen molar-refractivity contribution in [1.29, 1.82) is 0 Å². The molecule has 1 aliphatic heterocycles. The third-order valence-corrected chi connectivity index (χ3v) is 3.13. The molecule has 1 aromatic rings. The Morgan fingerprint density at radius 2 is 2.39 bits per heavy atom. The molecule has 0 aromatic carbocycles. The smallest absolute Gasteiger partial charge is 0.271 e. The highest BCUT2D eigenvalue weighted by Crippen LogP contribution is 2.20. The Morgan fingerprint density at radius 1 is 1.61 bits per heavy atom. The Bertz CT molecular complexity index is 414. The minimum atomic E-state index is -0.141. The normalized spacial score (nSPS) is 20.1. The standard InChI is InChI=1S/C13H21N3O2/c1-13(2,3)11-7-10(15-16-11)12(17)14-8-9-5-4-6-18-9/h7,9H,4-6,8H2,1-3H3,(H,14,17)(H,15,16). The third-order valence-electron chi connectivity index (χ3n) is 3.13. The van der Waals surface area contributed by atoms with Crippen molar-refractivity contribution in [3.05, 3.63) is 17.5 Å². The summed E-state index contributed by atoms with van der Waals surface area (Å²) >= 11 is 0. The molecule has 18 heavy (non-hydrogen) atoms. The van der Waals surface area contributed by atoms with Gasteiger partial charge in [0.25, 0.3) is 5.91 Å². The van der Waals surface area contributed by atoms with Crippen molar-refractivity contribution < 1.29 is 9.53 Å². The zero-order chi connectivity index (χ0) is 13.2. The van der Waals surface area contributed by atoms with Gasteiger partial charge in [0, 0.05) is 24.3 Å². The van der Waals surface area contributed by atoms with Gasteiger partial charge in [0.15, 0.2) is 0 Å². The molecule has 5 heteroatoms. The number of carbonyl (C=O) groups is 1. The van der Waals surface area contributed by atoms with Gasteiger partial charge in [-0.2, -0.15) is 5.10 Å². The summed E-state index contributed by atoms with van der Waals surface area (Å²) in [4.78, 5) is 11.9. The molecule has 0 radical (unpaired) electrons. The van der Waals surface area contributed by atoms with Gasteiger partial charge in [-0.3, -0.25) is 9.89 Å². The van der Waals surface area contributed by atoms with Crippen LogP contribution < -0.4 is 5.32 Å². The van der Waals surface area contributed by atoms with E-state index in [1.807, 2.05) is 6.07 Å². The Hall–Kier alpha value is -1.36. The molecular weight excluding hydrogens is 230 g/mol. The van der Waals surface area contributed by atoms with Gasteiger partial charge in [-0.15, -0.1) is 0 Å². The predicted molar refractivity (Wildman–Crippen MR) is 68.6 cm³/mol. The van der Waals surface area contributed by atoms with Gasteiger partial charge in [-0.25, -0.2) is 0 Å². The first kappa shape index (κ1) is 13.1. The second kappa shape index (κ2) is 5.10. The van der Waals surface area contributed by atoms with Crippen LogP contribution >= 0.6 is 0 Å². The number of nitrogens with one attached hydrogen (secondary N) is 2. The average molecular weight is 251 g/mol. The summed E-state index contributed by atoms with van der Waals surface area (Å²) in [6.45, 7) is 7.60. The molecule has 0 spiro atoms. The molecule has 5 nitrogen and oxygen atoms in total. The van der Waals surface area contributed by atoms with Gasteiger partial charge in [-0.1, -0.05) is 20.8 Å². The summed E-state index contributed by atoms with van der Waals surface area (Å²) < 4.78 is 5.46. The van der Waals surface area contributed by atoms with Crippen molar-refractivity contribution in [1.82, 2.24) is 15.5 Å². The van der Waals surface area contributed by atoms with Crippen molar-refractivity contribution >= 4 is 5.91 Å². The van der Waals surface area contributed by atoms with Gasteiger partial charge in [0.05, 0.1) is 6.10 Å². The van der Waals surface area contributed by atoms with Crippen LogP contribution in [0.1, 0.15) is 49.8 Å². The molecule has 1 aliphatic rings. The number of aromatic amines is 1. The van der Waals surface area contributed by atoms with Crippen molar-refractivity contribution in [2.75, 3.05) is 13.2 Å². The van der Waals surface area contributed by atoms with E-state index in [1.54, 1.807) is 0 Å². The Kier molecular flexibility index (Phi) is 3.71. The number of H-pyrrole nitrogens is 1. The molecular formula is C13H21N3O2. The van der Waals surface area contributed by atoms with E-state index in [0.29, 0.717) is 12.2 Å². The number of nitrogens with zero attached hydrogens (tertiary/aromatic N) is 1. The maximum absolute atomic E-state index is 11.9. The number of hydrogen-bond donors (Lipinski definition) is 2. The van der Waals surface area contributed by atoms with Crippen LogP contribution in [0, 0.1) is 0 Å². The van der Waals surface area contributed by atoms with Gasteiger partial charge >= 0.3 is 0 Å². The Balaban J connectivity index is 1.90. The molecule has 2 heterocycles. The van der Waals surface area contributed by atoms with Gasteiger partial charge in [0.2, 0.25) is 0 Å². The molecule has 2 N–H and O–H groups in total. The van der Waals surface area contributed by atoms with E-state index in [1.165, 1.54) is 0 Å². The van der Waals surface area contributed by atoms with Crippen LogP contribution in [0.3, 0.4) is 0 Å². The highest BCUT2D eigenvalue weighted by atomic mass is 16.5. The zero-order valence-corrected chi connectivity index (χ0v) is 11.2. The van der Waals surface area contributed by atoms with E-state index in [4.69, 9.17) is 4.74 Å². The zero-order valence-electron chi connectivity index (χ0n) is 11.2. The van der Waals surface area contributed by atoms with E-state index in [2.05, 4.69) is 36.3 Å². The minimum Gasteiger partial charge on any atom is -0.376 e. The maximum Gasteiger partial charge on any atom is 0.271 e. The van der Waals surface area contributed by atoms with E-state index in [-0.39, 0.29) is 17.4 Å². The molecule has 1 unspecified atom stereocenters. The second-order valence-electron chi connectivity index (χ2n) is 5.76. The van der Waals surface area contributed by atoms with E-state index >= 15 is 0 Å². The number of aromatic nitrogens is 2. The first-order valence-electron chi connectivity index (χ1n) is 6.42. The lowest BCUT2D eigenvalue weighted by Crippen LogP contribution is -2.31. The summed E-state index contributed by atoms with van der Waals surface area (Å²) in [5, 5.41) is 9.82. The SMILES string of the molecule is CC(C)(C)c1cc(C(=O)NCC2CCCO2)n[nH]1. The fraction of sp³-hybridized carbons (Fsp3) is 0.692. The maximum atomic E-state index is 11.9. The van der Waals surface area contributed by atoms with Crippen LogP contribution in [0.25, 0.3) is 0 Å². The van der Waals surface area contributed by atoms with Crippen molar-refractivity contribution in [3.8, 4) is 0 Å². The summed E-state index contributed by atoms with van der Waals surface area (Å²) in [6, 6.07) is 1.81. The molecule has 1 atom stereocenters. The summed E-state index contributed by atoms with van der Waals surface area (Å²) in [5.41, 5.74) is 1.38. The Labute approximate surface area is 107 Å². The van der Waals surface area contributed by atoms with Gasteiger partial charge in [0.1, 0.15) is 5.69 Å². The number of rotatable bonds is 3. The molecule has 1 amide bonds. The monoisotopic (exact) mass is 251 g/mol. The number of amides is 1. The third kappa shape index (κ3) is 3.10. The van der Waals surface area contributed by atoms with E-state index in [9.17, 15) is 4.79 Å². The first-order valence-corrected chi connectivity index (χ1v) is 6.42. The van der Waals surface area contributed by atoms with Crippen LogP contribution in [-0.4, -0.2) is 35.4 Å². The van der Waals surface area contributed by atoms with Crippen molar-refractivity contribution in [2.45, 2.75) is 45.1 Å². The molecule has 100 valence electrons. The fourth-order valence-corrected chi connectivity index (χ4v) is 1.92. The molecule has 0 saturated carbocycles. The predicted octanol–water partition coefficient (Wildman–Crippen LogP) is 1.62. The van der Waals surface area contributed by atoms with Crippen LogP contribution in [0.5, 0.6) is 0 Å². The van der Waals surface area contributed by atoms with Crippen molar-refractivity contribution in [3.63, 3.8) is 0 Å². The van der Waals surface area contributed by atoms with Gasteiger partial charge in [-0.05, 0) is 18.9 Å². The molecule has 1 aromatic heterocycles. The molecule has 0 bridgehead atoms. The molecule has 1 saturated heterocycles. The van der Waals surface area contributed by atoms with Crippen LogP contribution in [0.15, 0.2) is 6.07 Å². The van der Waals surface area contributed by atoms with E-state index < -0.39 is 0 Å². The highest BCUT2D eigenvalue weighted by molar-refractivity contribution is 5.92. The number of ether oxygens (including phenoxy) is 1.